The quantitative estimate of drug-likeness (QED) is 0.170. The molecule has 2 aliphatic heterocycles. The maximum atomic E-state index is 13.8. The third kappa shape index (κ3) is 6.13. The van der Waals surface area contributed by atoms with E-state index >= 15 is 0 Å². The molecule has 0 aliphatic carbocycles. The number of carbonyl (C=O) groups is 1. The summed E-state index contributed by atoms with van der Waals surface area (Å²) in [6, 6.07) is 22.1. The zero-order valence-electron chi connectivity index (χ0n) is 24.3. The lowest BCUT2D eigenvalue weighted by molar-refractivity contribution is 0.0767. The molecule has 1 amide bonds. The largest absolute Gasteiger partial charge is 0.445 e. The number of aromatic nitrogens is 2. The highest BCUT2D eigenvalue weighted by Crippen LogP contribution is 2.37. The van der Waals surface area contributed by atoms with E-state index in [4.69, 9.17) is 14.7 Å². The van der Waals surface area contributed by atoms with Crippen LogP contribution in [0.25, 0.3) is 10.8 Å². The fourth-order valence-corrected chi connectivity index (χ4v) is 6.40. The summed E-state index contributed by atoms with van der Waals surface area (Å²) < 4.78 is 33.2. The third-order valence-corrected chi connectivity index (χ3v) is 8.76. The fourth-order valence-electron chi connectivity index (χ4n) is 6.02. The first-order valence-corrected chi connectivity index (χ1v) is 15.8. The maximum Gasteiger partial charge on any atom is 0.410 e. The Bertz CT molecular complexity index is 1700. The molecule has 1 saturated heterocycles. The van der Waals surface area contributed by atoms with Crippen LogP contribution in [0.5, 0.6) is 0 Å². The number of anilines is 2. The number of carbonyl (C=O) groups excluding carboxylic acids is 1. The number of amides is 1. The summed E-state index contributed by atoms with van der Waals surface area (Å²) in [7, 11) is 0. The summed E-state index contributed by atoms with van der Waals surface area (Å²) in [6.07, 6.45) is -0.277. The van der Waals surface area contributed by atoms with Crippen molar-refractivity contribution in [1.82, 2.24) is 14.9 Å². The smallest absolute Gasteiger partial charge is 0.410 e. The van der Waals surface area contributed by atoms with Gasteiger partial charge in [-0.3, -0.25) is 0 Å². The van der Waals surface area contributed by atoms with Gasteiger partial charge in [0.15, 0.2) is 5.16 Å². The number of fused-ring (bicyclic) bond motifs is 2. The van der Waals surface area contributed by atoms with Crippen LogP contribution in [-0.2, 0) is 24.3 Å². The number of rotatable bonds is 7. The van der Waals surface area contributed by atoms with Gasteiger partial charge in [-0.1, -0.05) is 66.4 Å². The van der Waals surface area contributed by atoms with Crippen LogP contribution in [0, 0.1) is 11.3 Å². The molecule has 0 radical (unpaired) electrons. The van der Waals surface area contributed by atoms with Crippen molar-refractivity contribution in [3.8, 4) is 6.07 Å². The van der Waals surface area contributed by atoms with E-state index in [1.54, 1.807) is 17.0 Å². The zero-order chi connectivity index (χ0) is 30.6. The molecule has 1 aromatic heterocycles. The number of nitriles is 1. The molecular weight excluding hydrogens is 582 g/mol. The Morgan fingerprint density at radius 2 is 1.86 bits per heavy atom. The van der Waals surface area contributed by atoms with Gasteiger partial charge in [0.25, 0.3) is 6.43 Å². The summed E-state index contributed by atoms with van der Waals surface area (Å²) in [4.78, 5) is 28.7. The topological polar surface area (TPSA) is 85.6 Å². The molecule has 4 aromatic rings. The second kappa shape index (κ2) is 13.1. The van der Waals surface area contributed by atoms with Crippen molar-refractivity contribution in [2.24, 2.45) is 0 Å². The summed E-state index contributed by atoms with van der Waals surface area (Å²) in [5.41, 5.74) is 3.55. The first kappa shape index (κ1) is 29.6. The van der Waals surface area contributed by atoms with Crippen LogP contribution in [0.4, 0.5) is 25.1 Å². The Kier molecular flexibility index (Phi) is 8.79. The number of benzene rings is 3. The standard InChI is InChI=1S/C33H32F2N6O2S/c1-44-32-37-28-20-39(29-18-24(30(34)35)17-23-9-5-6-10-26(23)29)14-12-27(28)31(38-32)40-15-16-41(25(19-40)11-13-36)33(42)43-21-22-7-3-2-4-8-22/h2-10,17-18,25,30H,11-12,14-16,19-21H2,1H3/t25-/m0/s1. The van der Waals surface area contributed by atoms with Crippen molar-refractivity contribution >= 4 is 40.1 Å². The van der Waals surface area contributed by atoms with E-state index in [0.29, 0.717) is 44.3 Å². The highest BCUT2D eigenvalue weighted by atomic mass is 32.2. The number of alkyl halides is 2. The Morgan fingerprint density at radius 1 is 1.07 bits per heavy atom. The first-order chi connectivity index (χ1) is 21.4. The van der Waals surface area contributed by atoms with Crippen molar-refractivity contribution in [2.75, 3.05) is 42.2 Å². The lowest BCUT2D eigenvalue weighted by Crippen LogP contribution is -2.55. The van der Waals surface area contributed by atoms with Crippen molar-refractivity contribution in [1.29, 1.82) is 5.26 Å². The SMILES string of the molecule is CSc1nc2c(c(N3CCN(C(=O)OCc4ccccc4)[C@@H](CC#N)C3)n1)CCN(c1cc(C(F)F)cc3ccccc13)C2. The number of ether oxygens (including phenoxy) is 1. The Hall–Kier alpha value is -4.43. The van der Waals surface area contributed by atoms with Crippen LogP contribution in [0.15, 0.2) is 71.9 Å². The van der Waals surface area contributed by atoms with Gasteiger partial charge in [-0.2, -0.15) is 5.26 Å². The number of piperazine rings is 1. The predicted octanol–water partition coefficient (Wildman–Crippen LogP) is 6.59. The molecule has 3 heterocycles. The van der Waals surface area contributed by atoms with Crippen LogP contribution >= 0.6 is 11.8 Å². The van der Waals surface area contributed by atoms with Gasteiger partial charge in [0.05, 0.1) is 30.8 Å². The van der Waals surface area contributed by atoms with Crippen LogP contribution < -0.4 is 9.80 Å². The Balaban J connectivity index is 1.25. The summed E-state index contributed by atoms with van der Waals surface area (Å²) in [5.74, 6) is 0.811. The van der Waals surface area contributed by atoms with E-state index in [1.807, 2.05) is 60.9 Å². The van der Waals surface area contributed by atoms with Gasteiger partial charge in [-0.25, -0.2) is 23.5 Å². The average Bonchev–Trinajstić information content (AvgIpc) is 3.06. The van der Waals surface area contributed by atoms with Gasteiger partial charge in [0.2, 0.25) is 0 Å². The normalized spacial score (nSPS) is 16.6. The molecule has 3 aromatic carbocycles. The molecule has 11 heteroatoms. The molecule has 0 bridgehead atoms. The molecule has 1 atom stereocenters. The maximum absolute atomic E-state index is 13.8. The lowest BCUT2D eigenvalue weighted by Gasteiger charge is -2.42. The van der Waals surface area contributed by atoms with E-state index in [0.717, 1.165) is 39.1 Å². The second-order valence-corrected chi connectivity index (χ2v) is 11.7. The molecule has 44 heavy (non-hydrogen) atoms. The minimum Gasteiger partial charge on any atom is -0.445 e. The molecule has 1 fully saturated rings. The van der Waals surface area contributed by atoms with Crippen LogP contribution in [-0.4, -0.2) is 59.4 Å². The van der Waals surface area contributed by atoms with Gasteiger partial charge in [0.1, 0.15) is 12.4 Å². The van der Waals surface area contributed by atoms with Gasteiger partial charge < -0.3 is 19.4 Å². The number of thioether (sulfide) groups is 1. The van der Waals surface area contributed by atoms with Crippen LogP contribution in [0.3, 0.4) is 0 Å². The predicted molar refractivity (Wildman–Crippen MR) is 167 cm³/mol. The van der Waals surface area contributed by atoms with E-state index in [1.165, 1.54) is 11.8 Å². The van der Waals surface area contributed by atoms with Gasteiger partial charge in [-0.15, -0.1) is 0 Å². The molecule has 2 aliphatic rings. The third-order valence-electron chi connectivity index (χ3n) is 8.21. The van der Waals surface area contributed by atoms with Crippen molar-refractivity contribution in [3.05, 3.63) is 89.1 Å². The van der Waals surface area contributed by atoms with Crippen molar-refractivity contribution in [2.45, 2.75) is 43.6 Å². The Labute approximate surface area is 259 Å². The van der Waals surface area contributed by atoms with E-state index in [2.05, 4.69) is 15.9 Å². The molecule has 226 valence electrons. The highest BCUT2D eigenvalue weighted by Gasteiger charge is 2.34. The lowest BCUT2D eigenvalue weighted by atomic mass is 10.00. The summed E-state index contributed by atoms with van der Waals surface area (Å²) in [5, 5.41) is 11.9. The van der Waals surface area contributed by atoms with Gasteiger partial charge >= 0.3 is 6.09 Å². The molecule has 0 saturated carbocycles. The monoisotopic (exact) mass is 614 g/mol. The van der Waals surface area contributed by atoms with Crippen molar-refractivity contribution in [3.63, 3.8) is 0 Å². The Morgan fingerprint density at radius 3 is 2.64 bits per heavy atom. The van der Waals surface area contributed by atoms with Gasteiger partial charge in [0, 0.05) is 48.4 Å². The highest BCUT2D eigenvalue weighted by molar-refractivity contribution is 7.98. The van der Waals surface area contributed by atoms with Crippen LogP contribution in [0.2, 0.25) is 0 Å². The molecule has 6 rings (SSSR count). The minimum absolute atomic E-state index is 0.00128. The molecular formula is C33H32F2N6O2S. The minimum atomic E-state index is -2.57. The van der Waals surface area contributed by atoms with Gasteiger partial charge in [-0.05, 0) is 35.8 Å². The molecule has 0 unspecified atom stereocenters. The molecule has 8 nitrogen and oxygen atoms in total. The van der Waals surface area contributed by atoms with Crippen LogP contribution in [0.1, 0.15) is 35.2 Å². The van der Waals surface area contributed by atoms with Crippen molar-refractivity contribution < 1.29 is 18.3 Å². The summed E-state index contributed by atoms with van der Waals surface area (Å²) in [6.45, 7) is 2.61. The average molecular weight is 615 g/mol. The van der Waals surface area contributed by atoms with E-state index < -0.39 is 12.5 Å². The number of hydrogen-bond donors (Lipinski definition) is 0. The molecule has 0 N–H and O–H groups in total. The number of hydrogen-bond acceptors (Lipinski definition) is 8. The molecule has 0 spiro atoms. The number of nitrogens with zero attached hydrogens (tertiary/aromatic N) is 6. The first-order valence-electron chi connectivity index (χ1n) is 14.5. The van der Waals surface area contributed by atoms with E-state index in [-0.39, 0.29) is 24.6 Å². The summed E-state index contributed by atoms with van der Waals surface area (Å²) >= 11 is 1.44. The fraction of sp³-hybridized carbons (Fsp3) is 0.333. The number of halogens is 2. The zero-order valence-corrected chi connectivity index (χ0v) is 25.1. The second-order valence-electron chi connectivity index (χ2n) is 10.9. The van der Waals surface area contributed by atoms with E-state index in [9.17, 15) is 18.8 Å².